The molecule has 0 aliphatic heterocycles. The van der Waals surface area contributed by atoms with Crippen LogP contribution in [0.25, 0.3) is 0 Å². The van der Waals surface area contributed by atoms with E-state index in [0.29, 0.717) is 0 Å². The first kappa shape index (κ1) is 14.9. The molecule has 21 heavy (non-hydrogen) atoms. The summed E-state index contributed by atoms with van der Waals surface area (Å²) in [5.74, 6) is -1.09. The number of nitrogens with zero attached hydrogens (tertiary/aromatic N) is 1. The van der Waals surface area contributed by atoms with Crippen molar-refractivity contribution in [1.82, 2.24) is 5.43 Å². The van der Waals surface area contributed by atoms with Crippen molar-refractivity contribution in [3.05, 3.63) is 53.5 Å². The molecule has 9 heteroatoms. The molecule has 0 spiro atoms. The molecular weight excluding hydrogens is 303 g/mol. The van der Waals surface area contributed by atoms with E-state index in [2.05, 4.69) is 10.5 Å². The van der Waals surface area contributed by atoms with Gasteiger partial charge in [0.1, 0.15) is 11.6 Å². The number of rotatable bonds is 4. The van der Waals surface area contributed by atoms with Crippen LogP contribution >= 0.6 is 0 Å². The van der Waals surface area contributed by atoms with Gasteiger partial charge >= 0.3 is 0 Å². The Balaban J connectivity index is 2.01. The van der Waals surface area contributed by atoms with E-state index in [1.165, 1.54) is 18.2 Å². The average molecular weight is 311 g/mol. The van der Waals surface area contributed by atoms with Crippen LogP contribution in [0.4, 0.5) is 4.39 Å². The van der Waals surface area contributed by atoms with E-state index in [1.807, 2.05) is 0 Å². The first-order valence-electron chi connectivity index (χ1n) is 5.51. The molecule has 1 heterocycles. The summed E-state index contributed by atoms with van der Waals surface area (Å²) in [4.78, 5) is 11.6. The zero-order chi connectivity index (χ0) is 15.5. The molecule has 7 nitrogen and oxygen atoms in total. The van der Waals surface area contributed by atoms with Gasteiger partial charge in [0.15, 0.2) is 10.1 Å². The smallest absolute Gasteiger partial charge is 0.271 e. The summed E-state index contributed by atoms with van der Waals surface area (Å²) in [5, 5.41) is 2.78. The highest BCUT2D eigenvalue weighted by Gasteiger charge is 2.07. The second-order valence-electron chi connectivity index (χ2n) is 3.82. The quantitative estimate of drug-likeness (QED) is 0.516. The van der Waals surface area contributed by atoms with Gasteiger partial charge in [-0.3, -0.25) is 4.79 Å². The van der Waals surface area contributed by atoms with Gasteiger partial charge in [0, 0.05) is 5.56 Å². The van der Waals surface area contributed by atoms with Crippen molar-refractivity contribution in [3.63, 3.8) is 0 Å². The van der Waals surface area contributed by atoms with Crippen LogP contribution in [0.1, 0.15) is 16.1 Å². The number of hydrogen-bond donors (Lipinski definition) is 1. The number of nitrogens with one attached hydrogen (secondary N) is 1. The molecule has 0 saturated carbocycles. The lowest BCUT2D eigenvalue weighted by Crippen LogP contribution is -2.17. The van der Waals surface area contributed by atoms with Crippen molar-refractivity contribution in [1.29, 1.82) is 0 Å². The van der Waals surface area contributed by atoms with Crippen LogP contribution < -0.4 is 5.43 Å². The maximum Gasteiger partial charge on any atom is 0.271 e. The standard InChI is InChI=1S/C12H9FN2O5S/c13-9-3-1-8(2-4-9)12(16)15-14-7-10-5-6-11(20-10)21(17,18)19/h1-7H,(H,15,16)(H,17,18,19)/p-1. The highest BCUT2D eigenvalue weighted by atomic mass is 32.2. The van der Waals surface area contributed by atoms with Gasteiger partial charge in [0.05, 0.1) is 6.21 Å². The van der Waals surface area contributed by atoms with Crippen LogP contribution in [-0.4, -0.2) is 25.1 Å². The predicted molar refractivity (Wildman–Crippen MR) is 68.1 cm³/mol. The highest BCUT2D eigenvalue weighted by molar-refractivity contribution is 7.85. The van der Waals surface area contributed by atoms with E-state index in [1.54, 1.807) is 0 Å². The van der Waals surface area contributed by atoms with Gasteiger partial charge in [0.2, 0.25) is 5.09 Å². The molecule has 0 aliphatic rings. The van der Waals surface area contributed by atoms with Crippen molar-refractivity contribution in [2.75, 3.05) is 0 Å². The third-order valence-electron chi connectivity index (χ3n) is 2.31. The third-order valence-corrected chi connectivity index (χ3v) is 3.03. The van der Waals surface area contributed by atoms with Gasteiger partial charge in [0.25, 0.3) is 5.91 Å². The Morgan fingerprint density at radius 2 is 1.90 bits per heavy atom. The van der Waals surface area contributed by atoms with Crippen molar-refractivity contribution in [3.8, 4) is 0 Å². The number of furan rings is 1. The number of amides is 1. The van der Waals surface area contributed by atoms with Gasteiger partial charge in [-0.25, -0.2) is 18.2 Å². The number of carbonyl (C=O) groups excluding carboxylic acids is 1. The summed E-state index contributed by atoms with van der Waals surface area (Å²) >= 11 is 0. The molecular formula is C12H8FN2O5S-. The van der Waals surface area contributed by atoms with Gasteiger partial charge in [-0.2, -0.15) is 5.10 Å². The molecule has 0 radical (unpaired) electrons. The lowest BCUT2D eigenvalue weighted by molar-refractivity contribution is 0.0955. The van der Waals surface area contributed by atoms with Crippen molar-refractivity contribution in [2.45, 2.75) is 5.09 Å². The Morgan fingerprint density at radius 1 is 1.24 bits per heavy atom. The second kappa shape index (κ2) is 5.85. The van der Waals surface area contributed by atoms with Crippen LogP contribution in [-0.2, 0) is 10.1 Å². The molecule has 1 aromatic heterocycles. The number of benzene rings is 1. The minimum absolute atomic E-state index is 0.0242. The Labute approximate surface area is 118 Å². The molecule has 0 bridgehead atoms. The fraction of sp³-hybridized carbons (Fsp3) is 0. The van der Waals surface area contributed by atoms with Crippen molar-refractivity contribution in [2.24, 2.45) is 5.10 Å². The van der Waals surface area contributed by atoms with Gasteiger partial charge in [-0.1, -0.05) is 0 Å². The zero-order valence-corrected chi connectivity index (χ0v) is 11.1. The van der Waals surface area contributed by atoms with Crippen LogP contribution in [0, 0.1) is 5.82 Å². The van der Waals surface area contributed by atoms with E-state index in [0.717, 1.165) is 24.4 Å². The fourth-order valence-electron chi connectivity index (χ4n) is 1.36. The summed E-state index contributed by atoms with van der Waals surface area (Å²) in [6, 6.07) is 6.97. The molecule has 0 unspecified atom stereocenters. The van der Waals surface area contributed by atoms with Gasteiger partial charge in [-0.15, -0.1) is 0 Å². The molecule has 1 amide bonds. The second-order valence-corrected chi connectivity index (χ2v) is 5.13. The van der Waals surface area contributed by atoms with E-state index in [9.17, 15) is 22.2 Å². The Bertz CT molecular complexity index is 780. The Hall–Kier alpha value is -2.52. The lowest BCUT2D eigenvalue weighted by Gasteiger charge is -2.00. The zero-order valence-electron chi connectivity index (χ0n) is 10.3. The summed E-state index contributed by atoms with van der Waals surface area (Å²) in [7, 11) is -4.67. The number of hydrazone groups is 1. The molecule has 1 aromatic carbocycles. The minimum Gasteiger partial charge on any atom is -0.742 e. The molecule has 0 fully saturated rings. The van der Waals surface area contributed by atoms with Gasteiger partial charge < -0.3 is 8.97 Å². The molecule has 2 rings (SSSR count). The number of halogens is 1. The van der Waals surface area contributed by atoms with Crippen molar-refractivity contribution >= 4 is 22.2 Å². The van der Waals surface area contributed by atoms with Crippen LogP contribution in [0.2, 0.25) is 0 Å². The van der Waals surface area contributed by atoms with Crippen LogP contribution in [0.3, 0.4) is 0 Å². The monoisotopic (exact) mass is 311 g/mol. The highest BCUT2D eigenvalue weighted by Crippen LogP contribution is 2.11. The summed E-state index contributed by atoms with van der Waals surface area (Å²) in [5.41, 5.74) is 2.33. The number of carbonyl (C=O) groups is 1. The summed E-state index contributed by atoms with van der Waals surface area (Å²) in [6.45, 7) is 0. The Morgan fingerprint density at radius 3 is 2.48 bits per heavy atom. The summed E-state index contributed by atoms with van der Waals surface area (Å²) in [6.07, 6.45) is 1.02. The van der Waals surface area contributed by atoms with Crippen molar-refractivity contribution < 1.29 is 26.6 Å². The lowest BCUT2D eigenvalue weighted by atomic mass is 10.2. The molecule has 2 aromatic rings. The normalized spacial score (nSPS) is 11.7. The predicted octanol–water partition coefficient (Wildman–Crippen LogP) is 1.09. The SMILES string of the molecule is O=C(NN=Cc1ccc(S(=O)(=O)[O-])o1)c1ccc(F)cc1. The van der Waals surface area contributed by atoms with E-state index < -0.39 is 26.9 Å². The van der Waals surface area contributed by atoms with E-state index in [-0.39, 0.29) is 11.3 Å². The summed E-state index contributed by atoms with van der Waals surface area (Å²) < 4.78 is 49.3. The largest absolute Gasteiger partial charge is 0.742 e. The van der Waals surface area contributed by atoms with E-state index >= 15 is 0 Å². The molecule has 0 aliphatic carbocycles. The number of hydrogen-bond acceptors (Lipinski definition) is 6. The molecule has 0 saturated heterocycles. The molecule has 110 valence electrons. The fourth-order valence-corrected chi connectivity index (χ4v) is 1.79. The van der Waals surface area contributed by atoms with Crippen LogP contribution in [0.5, 0.6) is 0 Å². The maximum atomic E-state index is 12.7. The van der Waals surface area contributed by atoms with E-state index in [4.69, 9.17) is 4.42 Å². The van der Waals surface area contributed by atoms with Crippen LogP contribution in [0.15, 0.2) is 51.0 Å². The first-order valence-corrected chi connectivity index (χ1v) is 6.92. The topological polar surface area (TPSA) is 112 Å². The molecule has 0 atom stereocenters. The van der Waals surface area contributed by atoms with Gasteiger partial charge in [-0.05, 0) is 36.4 Å². The first-order chi connectivity index (χ1) is 9.86. The average Bonchev–Trinajstić information content (AvgIpc) is 2.88. The molecule has 1 N–H and O–H groups in total. The Kier molecular flexibility index (Phi) is 4.15. The maximum absolute atomic E-state index is 12.7. The minimum atomic E-state index is -4.67. The third kappa shape index (κ3) is 3.97.